The lowest BCUT2D eigenvalue weighted by Crippen LogP contribution is -1.99. The molecule has 2 aromatic rings. The van der Waals surface area contributed by atoms with E-state index in [0.29, 0.717) is 6.61 Å². The monoisotopic (exact) mass is 260 g/mol. The van der Waals surface area contributed by atoms with E-state index in [9.17, 15) is 0 Å². The molecule has 0 radical (unpaired) electrons. The van der Waals surface area contributed by atoms with Gasteiger partial charge in [0, 0.05) is 13.0 Å². The average Bonchev–Trinajstić information content (AvgIpc) is 2.97. The molecule has 0 spiro atoms. The predicted octanol–water partition coefficient (Wildman–Crippen LogP) is 3.25. The molecular weight excluding hydrogens is 244 g/mol. The Balaban J connectivity index is 1.70. The number of rotatable bonds is 4. The summed E-state index contributed by atoms with van der Waals surface area (Å²) in [6.45, 7) is 3.73. The van der Waals surface area contributed by atoms with Gasteiger partial charge >= 0.3 is 0 Å². The fourth-order valence-electron chi connectivity index (χ4n) is 2.14. The number of nitrogens with one attached hydrogen (secondary N) is 1. The van der Waals surface area contributed by atoms with Crippen molar-refractivity contribution in [3.05, 3.63) is 39.7 Å². The summed E-state index contributed by atoms with van der Waals surface area (Å²) >= 11 is 1.76. The zero-order chi connectivity index (χ0) is 12.4. The molecule has 1 aromatic heterocycles. The Morgan fingerprint density at radius 1 is 1.39 bits per heavy atom. The van der Waals surface area contributed by atoms with Crippen molar-refractivity contribution >= 4 is 17.2 Å². The van der Waals surface area contributed by atoms with E-state index in [0.717, 1.165) is 36.0 Å². The molecule has 0 unspecified atom stereocenters. The molecule has 4 heteroatoms. The molecule has 2 heterocycles. The standard InChI is InChI=1S/C14H16N2OS/c1-2-10-5-3-4-6-11(10)17-9-13-16-14-12(18-13)7-8-15-14/h3-6,15H,2,7-9H2,1H3. The van der Waals surface area contributed by atoms with Crippen LogP contribution < -0.4 is 10.1 Å². The van der Waals surface area contributed by atoms with Crippen LogP contribution in [-0.2, 0) is 19.4 Å². The van der Waals surface area contributed by atoms with Crippen LogP contribution in [0.3, 0.4) is 0 Å². The van der Waals surface area contributed by atoms with Gasteiger partial charge in [0.05, 0.1) is 4.88 Å². The summed E-state index contributed by atoms with van der Waals surface area (Å²) in [6.07, 6.45) is 2.09. The van der Waals surface area contributed by atoms with Crippen molar-refractivity contribution in [1.82, 2.24) is 4.98 Å². The Kier molecular flexibility index (Phi) is 3.19. The van der Waals surface area contributed by atoms with Gasteiger partial charge in [-0.25, -0.2) is 4.98 Å². The van der Waals surface area contributed by atoms with Gasteiger partial charge in [-0.3, -0.25) is 0 Å². The summed E-state index contributed by atoms with van der Waals surface area (Å²) in [4.78, 5) is 5.90. The van der Waals surface area contributed by atoms with E-state index >= 15 is 0 Å². The number of hydrogen-bond donors (Lipinski definition) is 1. The average molecular weight is 260 g/mol. The van der Waals surface area contributed by atoms with Gasteiger partial charge in [0.1, 0.15) is 23.2 Å². The van der Waals surface area contributed by atoms with Crippen molar-refractivity contribution in [2.24, 2.45) is 0 Å². The zero-order valence-corrected chi connectivity index (χ0v) is 11.2. The molecule has 1 aliphatic rings. The fourth-order valence-corrected chi connectivity index (χ4v) is 3.10. The number of aryl methyl sites for hydroxylation is 1. The molecule has 0 aliphatic carbocycles. The third-order valence-electron chi connectivity index (χ3n) is 3.09. The number of fused-ring (bicyclic) bond motifs is 1. The molecule has 0 saturated heterocycles. The minimum atomic E-state index is 0.566. The molecule has 0 fully saturated rings. The van der Waals surface area contributed by atoms with Gasteiger partial charge < -0.3 is 10.1 Å². The van der Waals surface area contributed by atoms with Crippen molar-refractivity contribution in [3.63, 3.8) is 0 Å². The lowest BCUT2D eigenvalue weighted by Gasteiger charge is -2.08. The Morgan fingerprint density at radius 2 is 2.28 bits per heavy atom. The minimum absolute atomic E-state index is 0.566. The molecule has 0 bridgehead atoms. The number of benzene rings is 1. The lowest BCUT2D eigenvalue weighted by atomic mass is 10.1. The number of thiazole rings is 1. The second-order valence-electron chi connectivity index (χ2n) is 4.31. The number of nitrogens with zero attached hydrogens (tertiary/aromatic N) is 1. The van der Waals surface area contributed by atoms with Crippen molar-refractivity contribution in [1.29, 1.82) is 0 Å². The van der Waals surface area contributed by atoms with Crippen LogP contribution in [0.25, 0.3) is 0 Å². The van der Waals surface area contributed by atoms with Crippen LogP contribution >= 0.6 is 11.3 Å². The van der Waals surface area contributed by atoms with Crippen LogP contribution in [0.4, 0.5) is 5.82 Å². The third kappa shape index (κ3) is 2.20. The van der Waals surface area contributed by atoms with Crippen molar-refractivity contribution in [2.75, 3.05) is 11.9 Å². The largest absolute Gasteiger partial charge is 0.486 e. The quantitative estimate of drug-likeness (QED) is 0.916. The molecule has 0 saturated carbocycles. The van der Waals surface area contributed by atoms with Crippen LogP contribution in [0, 0.1) is 0 Å². The van der Waals surface area contributed by atoms with E-state index in [4.69, 9.17) is 4.74 Å². The van der Waals surface area contributed by atoms with Gasteiger partial charge in [0.25, 0.3) is 0 Å². The zero-order valence-electron chi connectivity index (χ0n) is 10.4. The summed E-state index contributed by atoms with van der Waals surface area (Å²) in [7, 11) is 0. The normalized spacial score (nSPS) is 13.2. The summed E-state index contributed by atoms with van der Waals surface area (Å²) in [5.74, 6) is 2.03. The van der Waals surface area contributed by atoms with Gasteiger partial charge in [-0.1, -0.05) is 25.1 Å². The molecule has 3 rings (SSSR count). The first-order valence-corrected chi connectivity index (χ1v) is 7.11. The number of ether oxygens (including phenoxy) is 1. The number of para-hydroxylation sites is 1. The van der Waals surface area contributed by atoms with E-state index in [1.165, 1.54) is 10.4 Å². The van der Waals surface area contributed by atoms with Crippen molar-refractivity contribution < 1.29 is 4.74 Å². The molecule has 94 valence electrons. The molecule has 1 aromatic carbocycles. The summed E-state index contributed by atoms with van der Waals surface area (Å²) in [5, 5.41) is 4.34. The predicted molar refractivity (Wildman–Crippen MR) is 74.5 cm³/mol. The van der Waals surface area contributed by atoms with Crippen molar-refractivity contribution in [3.8, 4) is 5.75 Å². The van der Waals surface area contributed by atoms with E-state index in [1.54, 1.807) is 11.3 Å². The number of aromatic nitrogens is 1. The van der Waals surface area contributed by atoms with Gasteiger partial charge in [0.15, 0.2) is 0 Å². The molecule has 0 atom stereocenters. The third-order valence-corrected chi connectivity index (χ3v) is 4.18. The fraction of sp³-hybridized carbons (Fsp3) is 0.357. The second-order valence-corrected chi connectivity index (χ2v) is 5.47. The summed E-state index contributed by atoms with van der Waals surface area (Å²) in [5.41, 5.74) is 1.25. The molecule has 1 N–H and O–H groups in total. The Labute approximate surface area is 111 Å². The molecule has 3 nitrogen and oxygen atoms in total. The maximum Gasteiger partial charge on any atom is 0.140 e. The Morgan fingerprint density at radius 3 is 3.11 bits per heavy atom. The Bertz CT molecular complexity index is 529. The van der Waals surface area contributed by atoms with Gasteiger partial charge in [-0.05, 0) is 18.1 Å². The smallest absolute Gasteiger partial charge is 0.140 e. The first kappa shape index (κ1) is 11.5. The maximum atomic E-state index is 5.87. The molecule has 1 aliphatic heterocycles. The van der Waals surface area contributed by atoms with Gasteiger partial charge in [-0.15, -0.1) is 11.3 Å². The second kappa shape index (κ2) is 4.98. The van der Waals surface area contributed by atoms with Crippen molar-refractivity contribution in [2.45, 2.75) is 26.4 Å². The van der Waals surface area contributed by atoms with Crippen LogP contribution in [-0.4, -0.2) is 11.5 Å². The van der Waals surface area contributed by atoms with E-state index in [2.05, 4.69) is 23.3 Å². The van der Waals surface area contributed by atoms with E-state index in [-0.39, 0.29) is 0 Å². The summed E-state index contributed by atoms with van der Waals surface area (Å²) < 4.78 is 5.87. The van der Waals surface area contributed by atoms with Gasteiger partial charge in [0.2, 0.25) is 0 Å². The topological polar surface area (TPSA) is 34.1 Å². The highest BCUT2D eigenvalue weighted by molar-refractivity contribution is 7.12. The van der Waals surface area contributed by atoms with Crippen LogP contribution in [0.5, 0.6) is 5.75 Å². The minimum Gasteiger partial charge on any atom is -0.486 e. The highest BCUT2D eigenvalue weighted by Gasteiger charge is 2.16. The Hall–Kier alpha value is -1.55. The summed E-state index contributed by atoms with van der Waals surface area (Å²) in [6, 6.07) is 8.20. The van der Waals surface area contributed by atoms with E-state index < -0.39 is 0 Å². The first-order chi connectivity index (χ1) is 8.86. The first-order valence-electron chi connectivity index (χ1n) is 6.30. The molecule has 0 amide bonds. The number of hydrogen-bond acceptors (Lipinski definition) is 4. The van der Waals surface area contributed by atoms with Crippen LogP contribution in [0.1, 0.15) is 22.4 Å². The SMILES string of the molecule is CCc1ccccc1OCc1nc2c(s1)CCN2. The van der Waals surface area contributed by atoms with Gasteiger partial charge in [-0.2, -0.15) is 0 Å². The molecule has 18 heavy (non-hydrogen) atoms. The van der Waals surface area contributed by atoms with Crippen LogP contribution in [0.15, 0.2) is 24.3 Å². The maximum absolute atomic E-state index is 5.87. The highest BCUT2D eigenvalue weighted by Crippen LogP contribution is 2.29. The molecular formula is C14H16N2OS. The van der Waals surface area contributed by atoms with Crippen LogP contribution in [0.2, 0.25) is 0 Å². The number of anilines is 1. The highest BCUT2D eigenvalue weighted by atomic mass is 32.1. The van der Waals surface area contributed by atoms with E-state index in [1.807, 2.05) is 18.2 Å². The lowest BCUT2D eigenvalue weighted by molar-refractivity contribution is 0.302.